The second-order valence-electron chi connectivity index (χ2n) is 6.10. The summed E-state index contributed by atoms with van der Waals surface area (Å²) in [4.78, 5) is 18.4. The smallest absolute Gasteiger partial charge is 0.347 e. The summed E-state index contributed by atoms with van der Waals surface area (Å²) in [5.74, 6) is -0.0683. The standard InChI is InChI=1S/C13H23F3N4O.HI/c1-12(2)5-6-20(8-12)11(17-3)18-7-10(21)19(4)9-13(14,15)16;/h5-9H2,1-4H3,(H,17,18);1H. The fourth-order valence-corrected chi connectivity index (χ4v) is 2.27. The maximum Gasteiger partial charge on any atom is 0.406 e. The Morgan fingerprint density at radius 2 is 2.00 bits per heavy atom. The van der Waals surface area contributed by atoms with Gasteiger partial charge in [0.2, 0.25) is 5.91 Å². The number of amides is 1. The number of aliphatic imine (C=N–C) groups is 1. The summed E-state index contributed by atoms with van der Waals surface area (Å²) in [5.41, 5.74) is 0.175. The molecule has 1 rings (SSSR count). The topological polar surface area (TPSA) is 47.9 Å². The summed E-state index contributed by atoms with van der Waals surface area (Å²) in [6, 6.07) is 0. The van der Waals surface area contributed by atoms with Gasteiger partial charge in [-0.1, -0.05) is 13.8 Å². The van der Waals surface area contributed by atoms with Gasteiger partial charge < -0.3 is 15.1 Å². The highest BCUT2D eigenvalue weighted by molar-refractivity contribution is 14.0. The van der Waals surface area contributed by atoms with Crippen LogP contribution in [-0.2, 0) is 4.79 Å². The molecular weight excluding hydrogens is 412 g/mol. The van der Waals surface area contributed by atoms with E-state index in [2.05, 4.69) is 24.2 Å². The first-order valence-corrected chi connectivity index (χ1v) is 6.80. The maximum absolute atomic E-state index is 12.2. The number of likely N-dealkylation sites (N-methyl/N-ethyl adjacent to an activating group) is 1. The third-order valence-electron chi connectivity index (χ3n) is 3.43. The normalized spacial score (nSPS) is 18.0. The number of nitrogens with one attached hydrogen (secondary N) is 1. The van der Waals surface area contributed by atoms with E-state index in [-0.39, 0.29) is 35.9 Å². The van der Waals surface area contributed by atoms with Gasteiger partial charge in [0.15, 0.2) is 5.96 Å². The number of alkyl halides is 3. The Bertz CT molecular complexity index is 413. The molecule has 0 spiro atoms. The molecule has 9 heteroatoms. The number of nitrogens with zero attached hydrogens (tertiary/aromatic N) is 3. The minimum Gasteiger partial charge on any atom is -0.347 e. The van der Waals surface area contributed by atoms with Gasteiger partial charge in [-0.25, -0.2) is 0 Å². The molecular formula is C13H24F3IN4O. The molecule has 1 fully saturated rings. The predicted molar refractivity (Wildman–Crippen MR) is 90.4 cm³/mol. The zero-order valence-corrected chi connectivity index (χ0v) is 15.7. The first kappa shape index (κ1) is 21.3. The largest absolute Gasteiger partial charge is 0.406 e. The minimum atomic E-state index is -4.38. The van der Waals surface area contributed by atoms with Crippen molar-refractivity contribution >= 4 is 35.8 Å². The van der Waals surface area contributed by atoms with Gasteiger partial charge in [0.1, 0.15) is 6.54 Å². The lowest BCUT2D eigenvalue weighted by Gasteiger charge is -2.25. The molecule has 5 nitrogen and oxygen atoms in total. The minimum absolute atomic E-state index is 0. The van der Waals surface area contributed by atoms with Crippen molar-refractivity contribution in [1.29, 1.82) is 0 Å². The highest BCUT2D eigenvalue weighted by Crippen LogP contribution is 2.28. The van der Waals surface area contributed by atoms with E-state index in [4.69, 9.17) is 0 Å². The number of halogens is 4. The molecule has 0 unspecified atom stereocenters. The third kappa shape index (κ3) is 7.01. The molecule has 0 bridgehead atoms. The fraction of sp³-hybridized carbons (Fsp3) is 0.846. The summed E-state index contributed by atoms with van der Waals surface area (Å²) in [6.45, 7) is 4.46. The van der Waals surface area contributed by atoms with Crippen molar-refractivity contribution in [2.24, 2.45) is 10.4 Å². The van der Waals surface area contributed by atoms with Crippen LogP contribution in [0.25, 0.3) is 0 Å². The molecule has 1 N–H and O–H groups in total. The molecule has 22 heavy (non-hydrogen) atoms. The SMILES string of the molecule is CN=C(NCC(=O)N(C)CC(F)(F)F)N1CCC(C)(C)C1.I. The molecule has 0 radical (unpaired) electrons. The van der Waals surface area contributed by atoms with E-state index in [9.17, 15) is 18.0 Å². The molecule has 1 amide bonds. The average Bonchev–Trinajstić information content (AvgIpc) is 2.68. The van der Waals surface area contributed by atoms with Crippen molar-refractivity contribution in [2.45, 2.75) is 26.4 Å². The lowest BCUT2D eigenvalue weighted by molar-refractivity contribution is -0.157. The number of carbonyl (C=O) groups is 1. The average molecular weight is 436 g/mol. The van der Waals surface area contributed by atoms with Crippen molar-refractivity contribution in [1.82, 2.24) is 15.1 Å². The van der Waals surface area contributed by atoms with Crippen molar-refractivity contribution in [3.05, 3.63) is 0 Å². The Hall–Kier alpha value is -0.740. The Morgan fingerprint density at radius 1 is 1.41 bits per heavy atom. The van der Waals surface area contributed by atoms with Gasteiger partial charge in [-0.2, -0.15) is 13.2 Å². The molecule has 0 saturated carbocycles. The van der Waals surface area contributed by atoms with E-state index in [1.165, 1.54) is 0 Å². The molecule has 0 aromatic carbocycles. The van der Waals surface area contributed by atoms with Crippen LogP contribution in [0.3, 0.4) is 0 Å². The Labute approximate surface area is 146 Å². The van der Waals surface area contributed by atoms with Crippen LogP contribution in [0.2, 0.25) is 0 Å². The quantitative estimate of drug-likeness (QED) is 0.418. The number of carbonyl (C=O) groups excluding carboxylic acids is 1. The van der Waals surface area contributed by atoms with Crippen molar-refractivity contribution < 1.29 is 18.0 Å². The lowest BCUT2D eigenvalue weighted by Crippen LogP contribution is -2.46. The summed E-state index contributed by atoms with van der Waals surface area (Å²) in [5, 5.41) is 2.83. The Morgan fingerprint density at radius 3 is 2.41 bits per heavy atom. The maximum atomic E-state index is 12.2. The van der Waals surface area contributed by atoms with Gasteiger partial charge in [-0.15, -0.1) is 24.0 Å². The van der Waals surface area contributed by atoms with Crippen molar-refractivity contribution in [3.8, 4) is 0 Å². The van der Waals surface area contributed by atoms with E-state index in [0.29, 0.717) is 10.9 Å². The van der Waals surface area contributed by atoms with E-state index in [1.807, 2.05) is 4.90 Å². The first-order chi connectivity index (χ1) is 9.54. The molecule has 1 heterocycles. The van der Waals surface area contributed by atoms with Gasteiger partial charge >= 0.3 is 6.18 Å². The van der Waals surface area contributed by atoms with Gasteiger partial charge in [-0.3, -0.25) is 9.79 Å². The predicted octanol–water partition coefficient (Wildman–Crippen LogP) is 1.93. The van der Waals surface area contributed by atoms with Crippen molar-refractivity contribution in [2.75, 3.05) is 40.3 Å². The molecule has 1 saturated heterocycles. The van der Waals surface area contributed by atoms with Crippen LogP contribution in [0.4, 0.5) is 13.2 Å². The second kappa shape index (κ2) is 8.21. The highest BCUT2D eigenvalue weighted by atomic mass is 127. The summed E-state index contributed by atoms with van der Waals surface area (Å²) >= 11 is 0. The molecule has 0 aliphatic carbocycles. The second-order valence-corrected chi connectivity index (χ2v) is 6.10. The molecule has 0 aromatic heterocycles. The van der Waals surface area contributed by atoms with Crippen LogP contribution < -0.4 is 5.32 Å². The molecule has 0 aromatic rings. The van der Waals surface area contributed by atoms with Gasteiger partial charge in [0.25, 0.3) is 0 Å². The number of rotatable bonds is 3. The molecule has 130 valence electrons. The van der Waals surface area contributed by atoms with Crippen molar-refractivity contribution in [3.63, 3.8) is 0 Å². The van der Waals surface area contributed by atoms with Crippen LogP contribution in [0, 0.1) is 5.41 Å². The van der Waals surface area contributed by atoms with E-state index in [1.54, 1.807) is 7.05 Å². The number of hydrogen-bond acceptors (Lipinski definition) is 2. The van der Waals surface area contributed by atoms with Gasteiger partial charge in [0.05, 0.1) is 6.54 Å². The van der Waals surface area contributed by atoms with E-state index >= 15 is 0 Å². The van der Waals surface area contributed by atoms with E-state index in [0.717, 1.165) is 26.6 Å². The number of guanidine groups is 1. The monoisotopic (exact) mass is 436 g/mol. The Balaban J connectivity index is 0.00000441. The summed E-state index contributed by atoms with van der Waals surface area (Å²) < 4.78 is 36.6. The van der Waals surface area contributed by atoms with E-state index < -0.39 is 18.6 Å². The van der Waals surface area contributed by atoms with Crippen LogP contribution in [0.15, 0.2) is 4.99 Å². The lowest BCUT2D eigenvalue weighted by atomic mass is 9.93. The van der Waals surface area contributed by atoms with Crippen LogP contribution >= 0.6 is 24.0 Å². The Kier molecular flexibility index (Phi) is 7.93. The fourth-order valence-electron chi connectivity index (χ4n) is 2.27. The van der Waals surface area contributed by atoms with Crippen LogP contribution in [0.1, 0.15) is 20.3 Å². The third-order valence-corrected chi connectivity index (χ3v) is 3.43. The molecule has 0 atom stereocenters. The highest BCUT2D eigenvalue weighted by Gasteiger charge is 2.32. The zero-order valence-electron chi connectivity index (χ0n) is 13.3. The summed E-state index contributed by atoms with van der Waals surface area (Å²) in [7, 11) is 2.73. The number of likely N-dealkylation sites (tertiary alicyclic amines) is 1. The van der Waals surface area contributed by atoms with Gasteiger partial charge in [-0.05, 0) is 11.8 Å². The zero-order chi connectivity index (χ0) is 16.3. The molecule has 1 aliphatic heterocycles. The first-order valence-electron chi connectivity index (χ1n) is 6.80. The van der Waals surface area contributed by atoms with Crippen LogP contribution in [0.5, 0.6) is 0 Å². The van der Waals surface area contributed by atoms with Crippen LogP contribution in [-0.4, -0.2) is 68.1 Å². The van der Waals surface area contributed by atoms with Gasteiger partial charge in [0, 0.05) is 27.2 Å². The summed E-state index contributed by atoms with van der Waals surface area (Å²) in [6.07, 6.45) is -3.37. The molecule has 1 aliphatic rings. The number of hydrogen-bond donors (Lipinski definition) is 1.